The van der Waals surface area contributed by atoms with Crippen molar-refractivity contribution in [2.24, 2.45) is 4.99 Å². The second-order valence-corrected chi connectivity index (χ2v) is 7.10. The Bertz CT molecular complexity index is 494. The van der Waals surface area contributed by atoms with Gasteiger partial charge in [-0.2, -0.15) is 16.7 Å². The van der Waals surface area contributed by atoms with E-state index in [0.29, 0.717) is 24.3 Å². The highest BCUT2D eigenvalue weighted by Gasteiger charge is 2.24. The second kappa shape index (κ2) is 10.4. The van der Waals surface area contributed by atoms with Crippen molar-refractivity contribution in [1.29, 1.82) is 0 Å². The van der Waals surface area contributed by atoms with Crippen molar-refractivity contribution >= 4 is 41.7 Å². The lowest BCUT2D eigenvalue weighted by Gasteiger charge is -2.16. The fourth-order valence-electron chi connectivity index (χ4n) is 2.57. The highest BCUT2D eigenvalue weighted by Crippen LogP contribution is 2.27. The molecular formula is C15H28IN5OS. The number of aliphatic imine (C=N–C) groups is 1. The summed E-state index contributed by atoms with van der Waals surface area (Å²) in [6.07, 6.45) is 6.61. The van der Waals surface area contributed by atoms with Crippen molar-refractivity contribution in [3.63, 3.8) is 0 Å². The van der Waals surface area contributed by atoms with Crippen molar-refractivity contribution in [1.82, 2.24) is 20.8 Å². The molecule has 1 saturated carbocycles. The van der Waals surface area contributed by atoms with Crippen molar-refractivity contribution in [2.75, 3.05) is 19.8 Å². The Kier molecular flexibility index (Phi) is 9.26. The van der Waals surface area contributed by atoms with Crippen LogP contribution in [-0.4, -0.2) is 47.2 Å². The molecule has 0 bridgehead atoms. The van der Waals surface area contributed by atoms with E-state index in [0.717, 1.165) is 23.6 Å². The molecule has 6 nitrogen and oxygen atoms in total. The normalized spacial score (nSPS) is 21.3. The molecule has 1 aliphatic rings. The molecule has 1 fully saturated rings. The van der Waals surface area contributed by atoms with E-state index >= 15 is 0 Å². The highest BCUT2D eigenvalue weighted by molar-refractivity contribution is 14.0. The Hall–Kier alpha value is -0.510. The van der Waals surface area contributed by atoms with Gasteiger partial charge in [0.15, 0.2) is 11.8 Å². The van der Waals surface area contributed by atoms with E-state index < -0.39 is 0 Å². The summed E-state index contributed by atoms with van der Waals surface area (Å²) >= 11 is 1.96. The van der Waals surface area contributed by atoms with E-state index in [1.807, 2.05) is 11.8 Å². The summed E-state index contributed by atoms with van der Waals surface area (Å²) in [6.45, 7) is 4.85. The van der Waals surface area contributed by atoms with Crippen LogP contribution in [0.3, 0.4) is 0 Å². The Labute approximate surface area is 160 Å². The first-order valence-electron chi connectivity index (χ1n) is 7.94. The molecule has 132 valence electrons. The molecule has 23 heavy (non-hydrogen) atoms. The maximum absolute atomic E-state index is 5.24. The molecule has 1 aromatic heterocycles. The highest BCUT2D eigenvalue weighted by atomic mass is 127. The van der Waals surface area contributed by atoms with Gasteiger partial charge in [0.2, 0.25) is 5.89 Å². The number of hydrogen-bond donors (Lipinski definition) is 2. The average Bonchev–Trinajstić information content (AvgIpc) is 3.15. The summed E-state index contributed by atoms with van der Waals surface area (Å²) in [5.41, 5.74) is 0. The summed E-state index contributed by atoms with van der Waals surface area (Å²) in [6, 6.07) is 0.527. The molecule has 2 rings (SSSR count). The zero-order valence-corrected chi connectivity index (χ0v) is 17.5. The Morgan fingerprint density at radius 3 is 2.78 bits per heavy atom. The zero-order valence-electron chi connectivity index (χ0n) is 14.3. The first kappa shape index (κ1) is 20.5. The molecule has 0 aromatic carbocycles. The molecule has 0 radical (unpaired) electrons. The van der Waals surface area contributed by atoms with Gasteiger partial charge in [-0.15, -0.1) is 24.0 Å². The molecule has 2 N–H and O–H groups in total. The number of hydrogen-bond acceptors (Lipinski definition) is 5. The van der Waals surface area contributed by atoms with E-state index in [9.17, 15) is 0 Å². The minimum absolute atomic E-state index is 0. The number of nitrogens with one attached hydrogen (secondary N) is 2. The van der Waals surface area contributed by atoms with Gasteiger partial charge in [-0.05, 0) is 25.5 Å². The van der Waals surface area contributed by atoms with Crippen LogP contribution in [0.2, 0.25) is 0 Å². The summed E-state index contributed by atoms with van der Waals surface area (Å²) < 4.78 is 5.24. The van der Waals surface area contributed by atoms with Crippen LogP contribution in [-0.2, 0) is 6.42 Å². The number of guanidine groups is 1. The minimum Gasteiger partial charge on any atom is -0.356 e. The molecule has 1 heterocycles. The lowest BCUT2D eigenvalue weighted by molar-refractivity contribution is 0.371. The number of nitrogens with zero attached hydrogens (tertiary/aromatic N) is 3. The number of aromatic nitrogens is 2. The van der Waals surface area contributed by atoms with Crippen LogP contribution in [0, 0.1) is 0 Å². The van der Waals surface area contributed by atoms with Crippen LogP contribution < -0.4 is 10.6 Å². The summed E-state index contributed by atoms with van der Waals surface area (Å²) in [5.74, 6) is 2.60. The maximum atomic E-state index is 5.24. The minimum atomic E-state index is 0. The molecule has 2 atom stereocenters. The molecule has 2 unspecified atom stereocenters. The molecule has 0 amide bonds. The van der Waals surface area contributed by atoms with E-state index in [1.165, 1.54) is 19.3 Å². The van der Waals surface area contributed by atoms with E-state index in [-0.39, 0.29) is 24.0 Å². The van der Waals surface area contributed by atoms with Crippen LogP contribution >= 0.6 is 35.7 Å². The second-order valence-electron chi connectivity index (χ2n) is 5.96. The third-order valence-corrected chi connectivity index (χ3v) is 5.01. The zero-order chi connectivity index (χ0) is 15.9. The molecule has 1 aromatic rings. The van der Waals surface area contributed by atoms with Gasteiger partial charge in [0.1, 0.15) is 0 Å². The Balaban J connectivity index is 0.00000264. The number of halogens is 1. The standard InChI is InChI=1S/C15H27N5OS.HI/c1-10(2)14-19-13(21-20-14)7-8-17-15(16-3)18-11-5-6-12(9-11)22-4;/h10-12H,5-9H2,1-4H3,(H2,16,17,18);1H. The molecule has 1 aliphatic carbocycles. The van der Waals surface area contributed by atoms with Crippen molar-refractivity contribution in [3.8, 4) is 0 Å². The molecule has 0 saturated heterocycles. The molecule has 0 aliphatic heterocycles. The van der Waals surface area contributed by atoms with Crippen molar-refractivity contribution in [3.05, 3.63) is 11.7 Å². The topological polar surface area (TPSA) is 75.3 Å². The molecular weight excluding hydrogens is 425 g/mol. The number of rotatable bonds is 6. The Morgan fingerprint density at radius 1 is 1.43 bits per heavy atom. The van der Waals surface area contributed by atoms with Gasteiger partial charge in [-0.1, -0.05) is 19.0 Å². The summed E-state index contributed by atoms with van der Waals surface area (Å²) in [4.78, 5) is 8.66. The van der Waals surface area contributed by atoms with Crippen molar-refractivity contribution < 1.29 is 4.52 Å². The monoisotopic (exact) mass is 453 g/mol. The number of thioether (sulfide) groups is 1. The lowest BCUT2D eigenvalue weighted by atomic mass is 10.2. The van der Waals surface area contributed by atoms with Crippen LogP contribution in [0.25, 0.3) is 0 Å². The first-order valence-corrected chi connectivity index (χ1v) is 9.23. The smallest absolute Gasteiger partial charge is 0.228 e. The maximum Gasteiger partial charge on any atom is 0.228 e. The van der Waals surface area contributed by atoms with Gasteiger partial charge in [0.05, 0.1) is 0 Å². The van der Waals surface area contributed by atoms with Crippen molar-refractivity contribution in [2.45, 2.75) is 56.7 Å². The van der Waals surface area contributed by atoms with Gasteiger partial charge in [-0.25, -0.2) is 0 Å². The fraction of sp³-hybridized carbons (Fsp3) is 0.800. The van der Waals surface area contributed by atoms with Gasteiger partial charge >= 0.3 is 0 Å². The average molecular weight is 453 g/mol. The SMILES string of the molecule is CN=C(NCCc1nc(C(C)C)no1)NC1CCC(SC)C1.I. The van der Waals surface area contributed by atoms with Crippen LogP contribution in [0.5, 0.6) is 0 Å². The van der Waals surface area contributed by atoms with Gasteiger partial charge in [0.25, 0.3) is 0 Å². The third kappa shape index (κ3) is 6.48. The first-order chi connectivity index (χ1) is 10.6. The van der Waals surface area contributed by atoms with Gasteiger partial charge < -0.3 is 15.2 Å². The van der Waals surface area contributed by atoms with Gasteiger partial charge in [0, 0.05) is 37.2 Å². The summed E-state index contributed by atoms with van der Waals surface area (Å²) in [7, 11) is 1.81. The van der Waals surface area contributed by atoms with E-state index in [2.05, 4.69) is 45.9 Å². The third-order valence-electron chi connectivity index (χ3n) is 3.91. The largest absolute Gasteiger partial charge is 0.356 e. The van der Waals surface area contributed by atoms with Gasteiger partial charge in [-0.3, -0.25) is 4.99 Å². The fourth-order valence-corrected chi connectivity index (χ4v) is 3.36. The van der Waals surface area contributed by atoms with Crippen LogP contribution in [0.4, 0.5) is 0 Å². The predicted octanol–water partition coefficient (Wildman–Crippen LogP) is 2.80. The quantitative estimate of drug-likeness (QED) is 0.392. The molecule has 8 heteroatoms. The van der Waals surface area contributed by atoms with Crippen LogP contribution in [0.1, 0.15) is 50.7 Å². The lowest BCUT2D eigenvalue weighted by Crippen LogP contribution is -2.43. The van der Waals surface area contributed by atoms with E-state index in [4.69, 9.17) is 4.52 Å². The summed E-state index contributed by atoms with van der Waals surface area (Å²) in [5, 5.41) is 11.6. The predicted molar refractivity (Wildman–Crippen MR) is 107 cm³/mol. The Morgan fingerprint density at radius 2 is 2.22 bits per heavy atom. The molecule has 0 spiro atoms. The van der Waals surface area contributed by atoms with E-state index in [1.54, 1.807) is 7.05 Å². The van der Waals surface area contributed by atoms with Crippen LogP contribution in [0.15, 0.2) is 9.52 Å².